The summed E-state index contributed by atoms with van der Waals surface area (Å²) in [7, 11) is 0. The molecule has 5 heteroatoms. The van der Waals surface area contributed by atoms with Crippen LogP contribution in [0.1, 0.15) is 37.3 Å². The average Bonchev–Trinajstić information content (AvgIpc) is 2.32. The number of anilines is 1. The van der Waals surface area contributed by atoms with E-state index in [9.17, 15) is 9.59 Å². The Labute approximate surface area is 119 Å². The lowest BCUT2D eigenvalue weighted by molar-refractivity contribution is -0.139. The fourth-order valence-electron chi connectivity index (χ4n) is 2.04. The van der Waals surface area contributed by atoms with Crippen LogP contribution in [0.15, 0.2) is 18.2 Å². The molecule has 0 radical (unpaired) electrons. The van der Waals surface area contributed by atoms with Crippen molar-refractivity contribution in [1.29, 1.82) is 0 Å². The molecule has 1 aromatic rings. The van der Waals surface area contributed by atoms with Crippen LogP contribution in [-0.2, 0) is 4.79 Å². The van der Waals surface area contributed by atoms with Crippen molar-refractivity contribution >= 4 is 17.7 Å². The number of hydrogen-bond acceptors (Lipinski definition) is 2. The van der Waals surface area contributed by atoms with Crippen LogP contribution in [0.2, 0.25) is 0 Å². The molecular formula is C15H22N2O3. The quantitative estimate of drug-likeness (QED) is 0.748. The molecule has 0 aromatic heterocycles. The van der Waals surface area contributed by atoms with Gasteiger partial charge in [-0.1, -0.05) is 25.8 Å². The van der Waals surface area contributed by atoms with Crippen LogP contribution in [0.5, 0.6) is 0 Å². The molecule has 0 aliphatic rings. The lowest BCUT2D eigenvalue weighted by Crippen LogP contribution is -2.42. The molecule has 0 aliphatic carbocycles. The number of carbonyl (C=O) groups is 2. The van der Waals surface area contributed by atoms with Gasteiger partial charge in [0.25, 0.3) is 0 Å². The fourth-order valence-corrected chi connectivity index (χ4v) is 2.04. The van der Waals surface area contributed by atoms with Crippen molar-refractivity contribution < 1.29 is 14.7 Å². The standard InChI is InChI=1S/C15H22N2O3/c1-4-5-6-13(14(18)19)17-15(20)16-12-8-10(2)7-11(3)9-12/h7-9,13H,4-6H2,1-3H3,(H,18,19)(H2,16,17,20)/t13-/m0/s1. The van der Waals surface area contributed by atoms with Crippen molar-refractivity contribution in [1.82, 2.24) is 5.32 Å². The molecule has 5 nitrogen and oxygen atoms in total. The molecule has 0 saturated heterocycles. The second-order valence-corrected chi connectivity index (χ2v) is 5.01. The smallest absolute Gasteiger partial charge is 0.326 e. The summed E-state index contributed by atoms with van der Waals surface area (Å²) in [6.45, 7) is 5.86. The molecule has 2 amide bonds. The first-order valence-corrected chi connectivity index (χ1v) is 6.81. The van der Waals surface area contributed by atoms with Gasteiger partial charge in [-0.3, -0.25) is 0 Å². The van der Waals surface area contributed by atoms with Gasteiger partial charge in [-0.25, -0.2) is 9.59 Å². The highest BCUT2D eigenvalue weighted by Crippen LogP contribution is 2.13. The highest BCUT2D eigenvalue weighted by molar-refractivity contribution is 5.92. The van der Waals surface area contributed by atoms with Gasteiger partial charge < -0.3 is 15.7 Å². The summed E-state index contributed by atoms with van der Waals surface area (Å²) >= 11 is 0. The van der Waals surface area contributed by atoms with Crippen LogP contribution in [-0.4, -0.2) is 23.1 Å². The van der Waals surface area contributed by atoms with E-state index in [2.05, 4.69) is 10.6 Å². The van der Waals surface area contributed by atoms with Gasteiger partial charge in [0, 0.05) is 5.69 Å². The zero-order valence-electron chi connectivity index (χ0n) is 12.2. The lowest BCUT2D eigenvalue weighted by atomic mass is 10.1. The SMILES string of the molecule is CCCC[C@H](NC(=O)Nc1cc(C)cc(C)c1)C(=O)O. The number of amides is 2. The maximum absolute atomic E-state index is 11.8. The summed E-state index contributed by atoms with van der Waals surface area (Å²) in [5, 5.41) is 14.2. The predicted molar refractivity (Wildman–Crippen MR) is 79.0 cm³/mol. The molecule has 20 heavy (non-hydrogen) atoms. The first-order chi connectivity index (χ1) is 9.42. The molecule has 0 saturated carbocycles. The molecule has 1 rings (SSSR count). The minimum atomic E-state index is -1.01. The van der Waals surface area contributed by atoms with Gasteiger partial charge in [-0.05, 0) is 43.5 Å². The van der Waals surface area contributed by atoms with Gasteiger partial charge in [-0.15, -0.1) is 0 Å². The van der Waals surface area contributed by atoms with Crippen LogP contribution in [0.3, 0.4) is 0 Å². The number of nitrogens with one attached hydrogen (secondary N) is 2. The van der Waals surface area contributed by atoms with Crippen LogP contribution in [0, 0.1) is 13.8 Å². The first-order valence-electron chi connectivity index (χ1n) is 6.81. The fraction of sp³-hybridized carbons (Fsp3) is 0.467. The summed E-state index contributed by atoms with van der Waals surface area (Å²) in [5.74, 6) is -1.01. The number of aliphatic carboxylic acids is 1. The Bertz CT molecular complexity index is 466. The second kappa shape index (κ2) is 7.53. The van der Waals surface area contributed by atoms with E-state index >= 15 is 0 Å². The monoisotopic (exact) mass is 278 g/mol. The largest absolute Gasteiger partial charge is 0.480 e. The Morgan fingerprint density at radius 1 is 1.20 bits per heavy atom. The summed E-state index contributed by atoms with van der Waals surface area (Å²) in [6.07, 6.45) is 2.09. The molecule has 0 heterocycles. The molecule has 110 valence electrons. The lowest BCUT2D eigenvalue weighted by Gasteiger charge is -2.15. The van der Waals surface area contributed by atoms with E-state index in [4.69, 9.17) is 5.11 Å². The summed E-state index contributed by atoms with van der Waals surface area (Å²) in [5.41, 5.74) is 2.75. The van der Waals surface area contributed by atoms with Crippen molar-refractivity contribution in [2.75, 3.05) is 5.32 Å². The third-order valence-electron chi connectivity index (χ3n) is 2.93. The topological polar surface area (TPSA) is 78.4 Å². The summed E-state index contributed by atoms with van der Waals surface area (Å²) in [4.78, 5) is 22.9. The second-order valence-electron chi connectivity index (χ2n) is 5.01. The number of benzene rings is 1. The molecule has 0 unspecified atom stereocenters. The van der Waals surface area contributed by atoms with Crippen LogP contribution in [0.4, 0.5) is 10.5 Å². The van der Waals surface area contributed by atoms with Crippen molar-refractivity contribution in [3.05, 3.63) is 29.3 Å². The van der Waals surface area contributed by atoms with Gasteiger partial charge >= 0.3 is 12.0 Å². The van der Waals surface area contributed by atoms with Crippen molar-refractivity contribution in [3.8, 4) is 0 Å². The molecule has 0 fully saturated rings. The molecule has 0 spiro atoms. The Balaban J connectivity index is 2.63. The number of hydrogen-bond donors (Lipinski definition) is 3. The van der Waals surface area contributed by atoms with E-state index in [-0.39, 0.29) is 0 Å². The number of rotatable bonds is 6. The van der Waals surface area contributed by atoms with Crippen LogP contribution in [0.25, 0.3) is 0 Å². The Kier molecular flexibility index (Phi) is 6.03. The number of unbranched alkanes of at least 4 members (excludes halogenated alkanes) is 1. The predicted octanol–water partition coefficient (Wildman–Crippen LogP) is 3.07. The van der Waals surface area contributed by atoms with Gasteiger partial charge in [-0.2, -0.15) is 0 Å². The zero-order valence-corrected chi connectivity index (χ0v) is 12.2. The number of carbonyl (C=O) groups excluding carboxylic acids is 1. The molecule has 3 N–H and O–H groups in total. The van der Waals surface area contributed by atoms with Crippen molar-refractivity contribution in [2.24, 2.45) is 0 Å². The number of urea groups is 1. The molecule has 0 bridgehead atoms. The van der Waals surface area contributed by atoms with E-state index in [1.807, 2.05) is 39.0 Å². The Hall–Kier alpha value is -2.04. The number of aryl methyl sites for hydroxylation is 2. The maximum atomic E-state index is 11.8. The first kappa shape index (κ1) is 16.0. The van der Waals surface area contributed by atoms with Crippen molar-refractivity contribution in [2.45, 2.75) is 46.1 Å². The summed E-state index contributed by atoms with van der Waals surface area (Å²) in [6, 6.07) is 4.35. The molecule has 1 atom stereocenters. The van der Waals surface area contributed by atoms with E-state index in [1.165, 1.54) is 0 Å². The Morgan fingerprint density at radius 2 is 1.80 bits per heavy atom. The number of carboxylic acid groups (broad SMARTS) is 1. The highest BCUT2D eigenvalue weighted by Gasteiger charge is 2.19. The zero-order chi connectivity index (χ0) is 15.1. The highest BCUT2D eigenvalue weighted by atomic mass is 16.4. The van der Waals surface area contributed by atoms with E-state index in [0.717, 1.165) is 24.0 Å². The third kappa shape index (κ3) is 5.30. The van der Waals surface area contributed by atoms with Gasteiger partial charge in [0.2, 0.25) is 0 Å². The average molecular weight is 278 g/mol. The summed E-state index contributed by atoms with van der Waals surface area (Å²) < 4.78 is 0. The molecular weight excluding hydrogens is 256 g/mol. The van der Waals surface area contributed by atoms with Gasteiger partial charge in [0.1, 0.15) is 6.04 Å². The Morgan fingerprint density at radius 3 is 2.30 bits per heavy atom. The van der Waals surface area contributed by atoms with Crippen molar-refractivity contribution in [3.63, 3.8) is 0 Å². The number of carboxylic acids is 1. The van der Waals surface area contributed by atoms with E-state index in [0.29, 0.717) is 12.1 Å². The van der Waals surface area contributed by atoms with Gasteiger partial charge in [0.15, 0.2) is 0 Å². The minimum absolute atomic E-state index is 0.437. The van der Waals surface area contributed by atoms with Crippen LogP contribution >= 0.6 is 0 Å². The normalized spacial score (nSPS) is 11.8. The van der Waals surface area contributed by atoms with E-state index < -0.39 is 18.0 Å². The molecule has 0 aliphatic heterocycles. The third-order valence-corrected chi connectivity index (χ3v) is 2.93. The molecule has 1 aromatic carbocycles. The maximum Gasteiger partial charge on any atom is 0.326 e. The van der Waals surface area contributed by atoms with Crippen LogP contribution < -0.4 is 10.6 Å². The minimum Gasteiger partial charge on any atom is -0.480 e. The van der Waals surface area contributed by atoms with Gasteiger partial charge in [0.05, 0.1) is 0 Å². The van der Waals surface area contributed by atoms with E-state index in [1.54, 1.807) is 0 Å².